The Kier molecular flexibility index (Phi) is 9.00. The molecule has 0 bridgehead atoms. The molecule has 29 heavy (non-hydrogen) atoms. The maximum absolute atomic E-state index is 9.94. The van der Waals surface area contributed by atoms with Crippen LogP contribution >= 0.6 is 24.0 Å². The van der Waals surface area contributed by atoms with Gasteiger partial charge in [-0.2, -0.15) is 0 Å². The average molecular weight is 509 g/mol. The molecular formula is C22H32IN5O. The fraction of sp³-hybridized carbons (Fsp3) is 0.455. The normalized spacial score (nSPS) is 15.0. The fourth-order valence-electron chi connectivity index (χ4n) is 3.61. The van der Waals surface area contributed by atoms with E-state index in [9.17, 15) is 5.11 Å². The van der Waals surface area contributed by atoms with Gasteiger partial charge in [0.15, 0.2) is 5.96 Å². The number of phenolic OH excluding ortho intramolecular Hbond substituents is 1. The number of piperidine rings is 1. The van der Waals surface area contributed by atoms with Crippen molar-refractivity contribution in [2.45, 2.75) is 46.2 Å². The van der Waals surface area contributed by atoms with Crippen molar-refractivity contribution in [2.24, 2.45) is 4.99 Å². The summed E-state index contributed by atoms with van der Waals surface area (Å²) in [4.78, 5) is 11.5. The zero-order chi connectivity index (χ0) is 19.9. The van der Waals surface area contributed by atoms with Crippen LogP contribution in [0.15, 0.2) is 41.5 Å². The second kappa shape index (κ2) is 11.2. The summed E-state index contributed by atoms with van der Waals surface area (Å²) >= 11 is 0. The van der Waals surface area contributed by atoms with Crippen molar-refractivity contribution in [3.63, 3.8) is 0 Å². The second-order valence-electron chi connectivity index (χ2n) is 7.37. The SMILES string of the molecule is CCNC(=NCc1cc(C)c(O)c(C)c1)NC1CCN(c2ccccn2)CC1.I. The van der Waals surface area contributed by atoms with Crippen LogP contribution in [0.4, 0.5) is 5.82 Å². The number of aryl methyl sites for hydroxylation is 2. The van der Waals surface area contributed by atoms with Crippen LogP contribution < -0.4 is 15.5 Å². The summed E-state index contributed by atoms with van der Waals surface area (Å²) < 4.78 is 0. The Morgan fingerprint density at radius 2 is 1.90 bits per heavy atom. The molecule has 0 atom stereocenters. The number of halogens is 1. The molecule has 2 aromatic rings. The number of nitrogens with zero attached hydrogens (tertiary/aromatic N) is 3. The summed E-state index contributed by atoms with van der Waals surface area (Å²) in [5.74, 6) is 2.28. The van der Waals surface area contributed by atoms with Gasteiger partial charge in [0.2, 0.25) is 0 Å². The molecule has 1 fully saturated rings. The lowest BCUT2D eigenvalue weighted by molar-refractivity contribution is 0.459. The number of hydrogen-bond acceptors (Lipinski definition) is 4. The molecule has 2 heterocycles. The predicted octanol–water partition coefficient (Wildman–Crippen LogP) is 3.75. The van der Waals surface area contributed by atoms with Gasteiger partial charge in [-0.1, -0.05) is 18.2 Å². The van der Waals surface area contributed by atoms with E-state index in [1.807, 2.05) is 44.3 Å². The first kappa shape index (κ1) is 23.3. The highest BCUT2D eigenvalue weighted by Crippen LogP contribution is 2.23. The molecule has 1 saturated heterocycles. The molecular weight excluding hydrogens is 477 g/mol. The zero-order valence-corrected chi connectivity index (χ0v) is 19.8. The Hall–Kier alpha value is -2.03. The molecule has 3 N–H and O–H groups in total. The quantitative estimate of drug-likeness (QED) is 0.326. The average Bonchev–Trinajstić information content (AvgIpc) is 2.71. The summed E-state index contributed by atoms with van der Waals surface area (Å²) in [5, 5.41) is 16.9. The van der Waals surface area contributed by atoms with Crippen LogP contribution in [-0.4, -0.2) is 41.7 Å². The number of guanidine groups is 1. The van der Waals surface area contributed by atoms with Gasteiger partial charge in [-0.05, 0) is 62.4 Å². The maximum atomic E-state index is 9.94. The summed E-state index contributed by atoms with van der Waals surface area (Å²) in [7, 11) is 0. The van der Waals surface area contributed by atoms with Crippen LogP contribution in [0, 0.1) is 13.8 Å². The van der Waals surface area contributed by atoms with Gasteiger partial charge in [0.25, 0.3) is 0 Å². The van der Waals surface area contributed by atoms with Crippen LogP contribution in [0.5, 0.6) is 5.75 Å². The van der Waals surface area contributed by atoms with Gasteiger partial charge in [-0.15, -0.1) is 24.0 Å². The molecule has 1 aromatic carbocycles. The zero-order valence-electron chi connectivity index (χ0n) is 17.5. The summed E-state index contributed by atoms with van der Waals surface area (Å²) in [5.41, 5.74) is 2.89. The summed E-state index contributed by atoms with van der Waals surface area (Å²) in [6.45, 7) is 9.32. The van der Waals surface area contributed by atoms with Crippen LogP contribution in [0.1, 0.15) is 36.5 Å². The van der Waals surface area contributed by atoms with Crippen LogP contribution in [0.25, 0.3) is 0 Å². The molecule has 7 heteroatoms. The van der Waals surface area contributed by atoms with Crippen LogP contribution in [0.2, 0.25) is 0 Å². The summed E-state index contributed by atoms with van der Waals surface area (Å²) in [6, 6.07) is 10.5. The number of hydrogen-bond donors (Lipinski definition) is 3. The van der Waals surface area contributed by atoms with E-state index in [-0.39, 0.29) is 24.0 Å². The van der Waals surface area contributed by atoms with Crippen molar-refractivity contribution in [1.29, 1.82) is 0 Å². The number of benzene rings is 1. The van der Waals surface area contributed by atoms with Crippen molar-refractivity contribution >= 4 is 35.8 Å². The fourth-order valence-corrected chi connectivity index (χ4v) is 3.61. The molecule has 0 amide bonds. The van der Waals surface area contributed by atoms with Gasteiger partial charge in [0, 0.05) is 31.9 Å². The minimum Gasteiger partial charge on any atom is -0.507 e. The van der Waals surface area contributed by atoms with E-state index in [0.717, 1.165) is 60.9 Å². The highest BCUT2D eigenvalue weighted by Gasteiger charge is 2.20. The standard InChI is InChI=1S/C22H31N5O.HI/c1-4-23-22(25-15-18-13-16(2)21(28)17(3)14-18)26-19-8-11-27(12-9-19)20-7-5-6-10-24-20;/h5-7,10,13-14,19,28H,4,8-9,11-12,15H2,1-3H3,(H2,23,25,26);1H. The Bertz CT molecular complexity index is 781. The third-order valence-electron chi connectivity index (χ3n) is 5.12. The minimum atomic E-state index is 0. The molecule has 1 aromatic heterocycles. The van der Waals surface area contributed by atoms with Gasteiger partial charge in [-0.3, -0.25) is 0 Å². The van der Waals surface area contributed by atoms with Gasteiger partial charge >= 0.3 is 0 Å². The number of pyridine rings is 1. The number of nitrogens with one attached hydrogen (secondary N) is 2. The van der Waals surface area contributed by atoms with Crippen LogP contribution in [-0.2, 0) is 6.54 Å². The number of rotatable bonds is 5. The first-order chi connectivity index (χ1) is 13.6. The molecule has 0 unspecified atom stereocenters. The molecule has 0 saturated carbocycles. The number of anilines is 1. The van der Waals surface area contributed by atoms with E-state index in [1.165, 1.54) is 0 Å². The highest BCUT2D eigenvalue weighted by atomic mass is 127. The first-order valence-corrected chi connectivity index (χ1v) is 10.1. The third-order valence-corrected chi connectivity index (χ3v) is 5.12. The molecule has 158 valence electrons. The lowest BCUT2D eigenvalue weighted by atomic mass is 10.1. The van der Waals surface area contributed by atoms with Crippen molar-refractivity contribution in [1.82, 2.24) is 15.6 Å². The van der Waals surface area contributed by atoms with E-state index in [2.05, 4.69) is 33.5 Å². The van der Waals surface area contributed by atoms with Crippen LogP contribution in [0.3, 0.4) is 0 Å². The summed E-state index contributed by atoms with van der Waals surface area (Å²) in [6.07, 6.45) is 3.96. The monoisotopic (exact) mass is 509 g/mol. The predicted molar refractivity (Wildman–Crippen MR) is 130 cm³/mol. The van der Waals surface area contributed by atoms with Crippen molar-refractivity contribution in [3.05, 3.63) is 53.2 Å². The van der Waals surface area contributed by atoms with Gasteiger partial charge < -0.3 is 20.6 Å². The molecule has 0 radical (unpaired) electrons. The van der Waals surface area contributed by atoms with Gasteiger partial charge in [0.1, 0.15) is 11.6 Å². The molecule has 0 spiro atoms. The molecule has 1 aliphatic rings. The number of aromatic hydroxyl groups is 1. The van der Waals surface area contributed by atoms with E-state index < -0.39 is 0 Å². The molecule has 3 rings (SSSR count). The number of aromatic nitrogens is 1. The minimum absolute atomic E-state index is 0. The first-order valence-electron chi connectivity index (χ1n) is 10.1. The van der Waals surface area contributed by atoms with E-state index in [1.54, 1.807) is 0 Å². The number of phenols is 1. The lowest BCUT2D eigenvalue weighted by Crippen LogP contribution is -2.48. The maximum Gasteiger partial charge on any atom is 0.191 e. The smallest absolute Gasteiger partial charge is 0.191 e. The third kappa shape index (κ3) is 6.48. The Labute approximate surface area is 190 Å². The lowest BCUT2D eigenvalue weighted by Gasteiger charge is -2.33. The molecule has 1 aliphatic heterocycles. The second-order valence-corrected chi connectivity index (χ2v) is 7.37. The number of aliphatic imine (C=N–C) groups is 1. The van der Waals surface area contributed by atoms with E-state index in [0.29, 0.717) is 18.3 Å². The molecule has 6 nitrogen and oxygen atoms in total. The van der Waals surface area contributed by atoms with Crippen molar-refractivity contribution in [2.75, 3.05) is 24.5 Å². The van der Waals surface area contributed by atoms with E-state index >= 15 is 0 Å². The Balaban J connectivity index is 0.00000300. The largest absolute Gasteiger partial charge is 0.507 e. The Morgan fingerprint density at radius 1 is 1.21 bits per heavy atom. The van der Waals surface area contributed by atoms with Gasteiger partial charge in [-0.25, -0.2) is 9.98 Å². The molecule has 0 aliphatic carbocycles. The van der Waals surface area contributed by atoms with Gasteiger partial charge in [0.05, 0.1) is 6.54 Å². The van der Waals surface area contributed by atoms with Crippen molar-refractivity contribution < 1.29 is 5.11 Å². The van der Waals surface area contributed by atoms with Crippen molar-refractivity contribution in [3.8, 4) is 5.75 Å². The topological polar surface area (TPSA) is 72.8 Å². The Morgan fingerprint density at radius 3 is 2.48 bits per heavy atom. The highest BCUT2D eigenvalue weighted by molar-refractivity contribution is 14.0. The van der Waals surface area contributed by atoms with E-state index in [4.69, 9.17) is 4.99 Å².